The summed E-state index contributed by atoms with van der Waals surface area (Å²) in [4.78, 5) is 15.3. The number of carbonyl (C=O) groups is 1. The molecule has 2 aliphatic heterocycles. The van der Waals surface area contributed by atoms with Crippen LogP contribution in [0.2, 0.25) is 0 Å². The van der Waals surface area contributed by atoms with Gasteiger partial charge in [-0.1, -0.05) is 18.2 Å². The number of aromatic nitrogens is 2. The number of hydrogen-bond acceptors (Lipinski definition) is 4. The molecule has 160 valence electrons. The van der Waals surface area contributed by atoms with Crippen molar-refractivity contribution in [2.24, 2.45) is 0 Å². The minimum atomic E-state index is -3.47. The molecule has 0 aliphatic carbocycles. The molecule has 2 aliphatic rings. The number of carbonyl (C=O) groups excluding carboxylic acids is 1. The summed E-state index contributed by atoms with van der Waals surface area (Å²) in [5.41, 5.74) is 3.07. The number of sulfonamides is 1. The zero-order valence-electron chi connectivity index (χ0n) is 17.1. The average Bonchev–Trinajstić information content (AvgIpc) is 3.51. The highest BCUT2D eigenvalue weighted by atomic mass is 32.2. The minimum absolute atomic E-state index is 0.127. The van der Waals surface area contributed by atoms with E-state index in [1.54, 1.807) is 44.5 Å². The fourth-order valence-electron chi connectivity index (χ4n) is 4.33. The van der Waals surface area contributed by atoms with Gasteiger partial charge in [0.15, 0.2) is 0 Å². The van der Waals surface area contributed by atoms with Crippen molar-refractivity contribution in [3.05, 3.63) is 72.1 Å². The number of nitrogens with zero attached hydrogens (tertiary/aromatic N) is 4. The predicted octanol–water partition coefficient (Wildman–Crippen LogP) is 3.25. The maximum atomic E-state index is 13.2. The van der Waals surface area contributed by atoms with Crippen molar-refractivity contribution in [2.45, 2.75) is 30.6 Å². The molecular formula is C23H24N4O3S. The van der Waals surface area contributed by atoms with Gasteiger partial charge in [-0.15, -0.1) is 0 Å². The number of hydrogen-bond donors (Lipinski definition) is 0. The van der Waals surface area contributed by atoms with Gasteiger partial charge >= 0.3 is 0 Å². The quantitative estimate of drug-likeness (QED) is 0.629. The summed E-state index contributed by atoms with van der Waals surface area (Å²) in [6.07, 6.45) is 6.67. The first kappa shape index (κ1) is 20.0. The van der Waals surface area contributed by atoms with Gasteiger partial charge in [-0.25, -0.2) is 13.1 Å². The summed E-state index contributed by atoms with van der Waals surface area (Å²) >= 11 is 0. The Morgan fingerprint density at radius 3 is 2.48 bits per heavy atom. The van der Waals surface area contributed by atoms with Crippen molar-refractivity contribution in [3.8, 4) is 5.69 Å². The maximum absolute atomic E-state index is 13.2. The molecule has 31 heavy (non-hydrogen) atoms. The van der Waals surface area contributed by atoms with E-state index in [1.807, 2.05) is 30.3 Å². The van der Waals surface area contributed by atoms with Crippen molar-refractivity contribution in [2.75, 3.05) is 24.5 Å². The van der Waals surface area contributed by atoms with Crippen LogP contribution in [0.1, 0.15) is 35.2 Å². The first-order chi connectivity index (χ1) is 15.0. The zero-order chi connectivity index (χ0) is 21.4. The molecule has 1 saturated heterocycles. The molecule has 0 saturated carbocycles. The van der Waals surface area contributed by atoms with Gasteiger partial charge in [0.2, 0.25) is 10.0 Å². The molecule has 8 heteroatoms. The molecule has 7 nitrogen and oxygen atoms in total. The second-order valence-electron chi connectivity index (χ2n) is 7.97. The predicted molar refractivity (Wildman–Crippen MR) is 118 cm³/mol. The Morgan fingerprint density at radius 2 is 1.71 bits per heavy atom. The second-order valence-corrected chi connectivity index (χ2v) is 9.91. The summed E-state index contributed by atoms with van der Waals surface area (Å²) in [5.74, 6) is -0.127. The van der Waals surface area contributed by atoms with E-state index in [9.17, 15) is 13.2 Å². The van der Waals surface area contributed by atoms with E-state index in [2.05, 4.69) is 5.10 Å². The standard InChI is InChI=1S/C23H24N4O3S/c28-23(19-16-24-27(17-19)20-8-2-1-3-9-20)26-14-6-7-18-15-21(10-11-22(18)26)31(29,30)25-12-4-5-13-25/h1-3,8-11,15-17H,4-7,12-14H2. The van der Waals surface area contributed by atoms with E-state index >= 15 is 0 Å². The lowest BCUT2D eigenvalue weighted by Crippen LogP contribution is -2.35. The fraction of sp³-hybridized carbons (Fsp3) is 0.304. The van der Waals surface area contributed by atoms with Crippen molar-refractivity contribution in [3.63, 3.8) is 0 Å². The largest absolute Gasteiger partial charge is 0.308 e. The molecule has 0 atom stereocenters. The Balaban J connectivity index is 1.43. The van der Waals surface area contributed by atoms with Crippen LogP contribution >= 0.6 is 0 Å². The number of rotatable bonds is 4. The third-order valence-electron chi connectivity index (χ3n) is 5.97. The van der Waals surface area contributed by atoms with Crippen LogP contribution in [0, 0.1) is 0 Å². The number of para-hydroxylation sites is 1. The summed E-state index contributed by atoms with van der Waals surface area (Å²) in [7, 11) is -3.47. The Bertz CT molecular complexity index is 1210. The van der Waals surface area contributed by atoms with Gasteiger partial charge in [0.05, 0.1) is 22.3 Å². The Morgan fingerprint density at radius 1 is 0.935 bits per heavy atom. The number of amides is 1. The first-order valence-electron chi connectivity index (χ1n) is 10.6. The molecule has 1 amide bonds. The van der Waals surface area contributed by atoms with Gasteiger partial charge in [-0.05, 0) is 61.6 Å². The van der Waals surface area contributed by atoms with Gasteiger partial charge in [0.1, 0.15) is 0 Å². The van der Waals surface area contributed by atoms with Gasteiger partial charge in [-0.2, -0.15) is 9.40 Å². The third kappa shape index (κ3) is 3.66. The van der Waals surface area contributed by atoms with Crippen LogP contribution in [0.4, 0.5) is 5.69 Å². The Kier molecular flexibility index (Phi) is 5.11. The van der Waals surface area contributed by atoms with Crippen LogP contribution in [0.15, 0.2) is 65.8 Å². The molecule has 3 aromatic rings. The molecule has 2 aromatic carbocycles. The first-order valence-corrected chi connectivity index (χ1v) is 12.0. The molecule has 0 unspecified atom stereocenters. The van der Waals surface area contributed by atoms with Crippen molar-refractivity contribution < 1.29 is 13.2 Å². The van der Waals surface area contributed by atoms with Crippen LogP contribution in [0.5, 0.6) is 0 Å². The van der Waals surface area contributed by atoms with Gasteiger partial charge in [0.25, 0.3) is 5.91 Å². The molecule has 0 N–H and O–H groups in total. The normalized spacial score (nSPS) is 17.0. The van der Waals surface area contributed by atoms with Crippen molar-refractivity contribution in [1.82, 2.24) is 14.1 Å². The lowest BCUT2D eigenvalue weighted by atomic mass is 10.0. The maximum Gasteiger partial charge on any atom is 0.261 e. The monoisotopic (exact) mass is 436 g/mol. The van der Waals surface area contributed by atoms with E-state index in [4.69, 9.17) is 0 Å². The molecule has 0 spiro atoms. The van der Waals surface area contributed by atoms with E-state index in [1.165, 1.54) is 0 Å². The smallest absolute Gasteiger partial charge is 0.261 e. The summed E-state index contributed by atoms with van der Waals surface area (Å²) in [6.45, 7) is 1.76. The van der Waals surface area contributed by atoms with Crippen LogP contribution in [0.3, 0.4) is 0 Å². The number of fused-ring (bicyclic) bond motifs is 1. The molecule has 0 bridgehead atoms. The fourth-order valence-corrected chi connectivity index (χ4v) is 5.90. The lowest BCUT2D eigenvalue weighted by molar-refractivity contribution is 0.0985. The van der Waals surface area contributed by atoms with Gasteiger partial charge in [-0.3, -0.25) is 4.79 Å². The van der Waals surface area contributed by atoms with E-state index in [-0.39, 0.29) is 5.91 Å². The van der Waals surface area contributed by atoms with Crippen LogP contribution in [-0.4, -0.2) is 48.0 Å². The molecular weight excluding hydrogens is 412 g/mol. The SMILES string of the molecule is O=C(c1cnn(-c2ccccc2)c1)N1CCCc2cc(S(=O)(=O)N3CCCC3)ccc21. The van der Waals surface area contributed by atoms with E-state index in [0.29, 0.717) is 30.1 Å². The summed E-state index contributed by atoms with van der Waals surface area (Å²) < 4.78 is 29.1. The molecule has 1 fully saturated rings. The summed E-state index contributed by atoms with van der Waals surface area (Å²) in [6, 6.07) is 14.8. The van der Waals surface area contributed by atoms with Crippen LogP contribution < -0.4 is 4.90 Å². The average molecular weight is 437 g/mol. The molecule has 3 heterocycles. The Hall–Kier alpha value is -2.97. The van der Waals surface area contributed by atoms with E-state index in [0.717, 1.165) is 42.6 Å². The zero-order valence-corrected chi connectivity index (χ0v) is 18.0. The highest BCUT2D eigenvalue weighted by Crippen LogP contribution is 2.32. The second kappa shape index (κ2) is 7.94. The van der Waals surface area contributed by atoms with Crippen molar-refractivity contribution >= 4 is 21.6 Å². The van der Waals surface area contributed by atoms with Gasteiger partial charge < -0.3 is 4.90 Å². The highest BCUT2D eigenvalue weighted by Gasteiger charge is 2.30. The van der Waals surface area contributed by atoms with Gasteiger partial charge in [0, 0.05) is 31.5 Å². The van der Waals surface area contributed by atoms with Crippen LogP contribution in [-0.2, 0) is 16.4 Å². The highest BCUT2D eigenvalue weighted by molar-refractivity contribution is 7.89. The molecule has 1 aromatic heterocycles. The van der Waals surface area contributed by atoms with Crippen LogP contribution in [0.25, 0.3) is 5.69 Å². The van der Waals surface area contributed by atoms with Crippen molar-refractivity contribution in [1.29, 1.82) is 0 Å². The summed E-state index contributed by atoms with van der Waals surface area (Å²) in [5, 5.41) is 4.33. The molecule has 0 radical (unpaired) electrons. The molecule has 5 rings (SSSR count). The van der Waals surface area contributed by atoms with E-state index < -0.39 is 10.0 Å². The topological polar surface area (TPSA) is 75.5 Å². The number of anilines is 1. The number of benzene rings is 2. The number of aryl methyl sites for hydroxylation is 1. The minimum Gasteiger partial charge on any atom is -0.308 e. The Labute approximate surface area is 182 Å². The third-order valence-corrected chi connectivity index (χ3v) is 7.86. The lowest BCUT2D eigenvalue weighted by Gasteiger charge is -2.30.